The Kier molecular flexibility index (Phi) is 5.83. The number of carbonyl (C=O) groups is 1. The quantitative estimate of drug-likeness (QED) is 0.235. The summed E-state index contributed by atoms with van der Waals surface area (Å²) in [4.78, 5) is 15.9. The molecule has 0 atom stereocenters. The van der Waals surface area contributed by atoms with Gasteiger partial charge in [0.1, 0.15) is 0 Å². The fourth-order valence-electron chi connectivity index (χ4n) is 2.01. The Labute approximate surface area is 144 Å². The second kappa shape index (κ2) is 7.27. The average Bonchev–Trinajstić information content (AvgIpc) is 2.44. The van der Waals surface area contributed by atoms with Crippen LogP contribution in [-0.4, -0.2) is 41.7 Å². The molecule has 11 nitrogen and oxygen atoms in total. The zero-order valence-electron chi connectivity index (χ0n) is 13.5. The molecule has 25 heavy (non-hydrogen) atoms. The number of guanidine groups is 3. The van der Waals surface area contributed by atoms with Crippen LogP contribution in [0.5, 0.6) is 0 Å². The van der Waals surface area contributed by atoms with Crippen LogP contribution in [0.2, 0.25) is 0 Å². The fraction of sp³-hybridized carbons (Fsp3) is 0.231. The standard InChI is InChI=1S/C13H19N7O4S/c1-6(2)8-4-3-7(5-9(8)25(22,23)24)10(21)20(12(16)17)13(18)19-11(14)15/h3-6H,1-2H3,(H3,16,17)(H,22,23,24)(H5,14,15,18,19). The van der Waals surface area contributed by atoms with Crippen molar-refractivity contribution >= 4 is 33.9 Å². The van der Waals surface area contributed by atoms with Crippen molar-refractivity contribution in [2.45, 2.75) is 24.7 Å². The second-order valence-electron chi connectivity index (χ2n) is 5.26. The average molecular weight is 369 g/mol. The number of carbonyl (C=O) groups excluding carboxylic acids is 1. The number of aliphatic imine (C=N–C) groups is 1. The third-order valence-corrected chi connectivity index (χ3v) is 3.98. The summed E-state index contributed by atoms with van der Waals surface area (Å²) >= 11 is 0. The molecule has 0 aliphatic rings. The van der Waals surface area contributed by atoms with E-state index >= 15 is 0 Å². The van der Waals surface area contributed by atoms with Crippen LogP contribution in [-0.2, 0) is 10.1 Å². The van der Waals surface area contributed by atoms with Crippen molar-refractivity contribution in [2.75, 3.05) is 0 Å². The lowest BCUT2D eigenvalue weighted by Gasteiger charge is -2.20. The van der Waals surface area contributed by atoms with Gasteiger partial charge in [-0.25, -0.2) is 4.90 Å². The van der Waals surface area contributed by atoms with Gasteiger partial charge in [0, 0.05) is 5.56 Å². The summed E-state index contributed by atoms with van der Waals surface area (Å²) in [7, 11) is -4.59. The summed E-state index contributed by atoms with van der Waals surface area (Å²) in [5, 5.41) is 14.5. The maximum Gasteiger partial charge on any atom is 0.294 e. The normalized spacial score (nSPS) is 12.1. The van der Waals surface area contributed by atoms with E-state index in [1.807, 2.05) is 0 Å². The number of hydrogen-bond donors (Lipinski definition) is 6. The molecule has 136 valence electrons. The molecule has 12 heteroatoms. The number of rotatable bonds is 3. The summed E-state index contributed by atoms with van der Waals surface area (Å²) in [5.74, 6) is -3.38. The number of nitrogens with one attached hydrogen (secondary N) is 2. The molecule has 1 aromatic rings. The molecule has 0 radical (unpaired) electrons. The first-order valence-electron chi connectivity index (χ1n) is 6.84. The molecule has 0 unspecified atom stereocenters. The van der Waals surface area contributed by atoms with E-state index in [1.165, 1.54) is 12.1 Å². The molecule has 1 rings (SSSR count). The van der Waals surface area contributed by atoms with Crippen LogP contribution < -0.4 is 17.2 Å². The minimum Gasteiger partial charge on any atom is -0.369 e. The lowest BCUT2D eigenvalue weighted by Crippen LogP contribution is -2.49. The van der Waals surface area contributed by atoms with E-state index in [2.05, 4.69) is 4.99 Å². The van der Waals surface area contributed by atoms with Crippen LogP contribution in [0.1, 0.15) is 35.7 Å². The van der Waals surface area contributed by atoms with Crippen molar-refractivity contribution in [1.29, 1.82) is 10.8 Å². The van der Waals surface area contributed by atoms with Gasteiger partial charge in [0.25, 0.3) is 16.0 Å². The predicted molar refractivity (Wildman–Crippen MR) is 92.0 cm³/mol. The van der Waals surface area contributed by atoms with Crippen LogP contribution in [0.3, 0.4) is 0 Å². The fourth-order valence-corrected chi connectivity index (χ4v) is 2.88. The molecule has 0 heterocycles. The van der Waals surface area contributed by atoms with Crippen molar-refractivity contribution in [1.82, 2.24) is 4.90 Å². The number of amides is 1. The molecular weight excluding hydrogens is 350 g/mol. The maximum atomic E-state index is 12.5. The highest BCUT2D eigenvalue weighted by Crippen LogP contribution is 2.25. The van der Waals surface area contributed by atoms with E-state index < -0.39 is 38.8 Å². The molecule has 0 fully saturated rings. The molecule has 0 saturated carbocycles. The minimum absolute atomic E-state index is 0.214. The van der Waals surface area contributed by atoms with Crippen LogP contribution in [0, 0.1) is 10.8 Å². The Morgan fingerprint density at radius 1 is 1.24 bits per heavy atom. The highest BCUT2D eigenvalue weighted by molar-refractivity contribution is 7.85. The molecule has 0 bridgehead atoms. The number of benzene rings is 1. The highest BCUT2D eigenvalue weighted by atomic mass is 32.2. The Hall–Kier alpha value is -2.99. The molecular formula is C13H19N7O4S. The van der Waals surface area contributed by atoms with E-state index in [-0.39, 0.29) is 11.5 Å². The van der Waals surface area contributed by atoms with E-state index in [0.29, 0.717) is 10.5 Å². The molecule has 0 aromatic heterocycles. The van der Waals surface area contributed by atoms with Crippen molar-refractivity contribution < 1.29 is 17.8 Å². The maximum absolute atomic E-state index is 12.5. The van der Waals surface area contributed by atoms with Crippen molar-refractivity contribution in [2.24, 2.45) is 22.2 Å². The lowest BCUT2D eigenvalue weighted by atomic mass is 10.0. The largest absolute Gasteiger partial charge is 0.369 e. The van der Waals surface area contributed by atoms with Gasteiger partial charge < -0.3 is 17.2 Å². The number of nitrogens with zero attached hydrogens (tertiary/aromatic N) is 2. The zero-order valence-corrected chi connectivity index (χ0v) is 14.3. The molecule has 1 aromatic carbocycles. The first-order chi connectivity index (χ1) is 11.4. The van der Waals surface area contributed by atoms with Gasteiger partial charge in [0.2, 0.25) is 17.9 Å². The third kappa shape index (κ3) is 4.74. The van der Waals surface area contributed by atoms with Gasteiger partial charge in [0.05, 0.1) is 4.90 Å². The first-order valence-corrected chi connectivity index (χ1v) is 8.28. The van der Waals surface area contributed by atoms with E-state index in [4.69, 9.17) is 28.0 Å². The van der Waals surface area contributed by atoms with Crippen LogP contribution in [0.15, 0.2) is 28.1 Å². The molecule has 1 amide bonds. The van der Waals surface area contributed by atoms with Gasteiger partial charge in [-0.15, -0.1) is 0 Å². The Morgan fingerprint density at radius 2 is 1.80 bits per heavy atom. The van der Waals surface area contributed by atoms with E-state index in [9.17, 15) is 17.8 Å². The van der Waals surface area contributed by atoms with Crippen molar-refractivity contribution in [3.63, 3.8) is 0 Å². The SMILES string of the molecule is CC(C)c1ccc(C(=O)N(C(=N)N)C(N)=NC(=N)N)cc1S(=O)(=O)O. The van der Waals surface area contributed by atoms with Crippen molar-refractivity contribution in [3.8, 4) is 0 Å². The van der Waals surface area contributed by atoms with E-state index in [1.54, 1.807) is 13.8 Å². The minimum atomic E-state index is -4.59. The van der Waals surface area contributed by atoms with Crippen LogP contribution >= 0.6 is 0 Å². The van der Waals surface area contributed by atoms with Gasteiger partial charge in [0.15, 0.2) is 0 Å². The van der Waals surface area contributed by atoms with Gasteiger partial charge >= 0.3 is 0 Å². The number of hydrogen-bond acceptors (Lipinski definition) is 5. The summed E-state index contributed by atoms with van der Waals surface area (Å²) in [6.07, 6.45) is 0. The summed E-state index contributed by atoms with van der Waals surface area (Å²) < 4.78 is 32.6. The van der Waals surface area contributed by atoms with E-state index in [0.717, 1.165) is 6.07 Å². The van der Waals surface area contributed by atoms with Gasteiger partial charge in [-0.3, -0.25) is 20.2 Å². The molecule has 0 aliphatic carbocycles. The first kappa shape index (κ1) is 20.1. The molecule has 0 aliphatic heterocycles. The van der Waals surface area contributed by atoms with Crippen LogP contribution in [0.4, 0.5) is 0 Å². The molecule has 0 saturated heterocycles. The summed E-state index contributed by atoms with van der Waals surface area (Å²) in [6, 6.07) is 3.60. The monoisotopic (exact) mass is 369 g/mol. The van der Waals surface area contributed by atoms with Gasteiger partial charge in [-0.1, -0.05) is 19.9 Å². The second-order valence-corrected chi connectivity index (χ2v) is 6.65. The summed E-state index contributed by atoms with van der Waals surface area (Å²) in [6.45, 7) is 3.43. The number of nitrogens with two attached hydrogens (primary N) is 3. The summed E-state index contributed by atoms with van der Waals surface area (Å²) in [5.41, 5.74) is 16.0. The molecule has 0 spiro atoms. The Morgan fingerprint density at radius 3 is 2.20 bits per heavy atom. The van der Waals surface area contributed by atoms with Gasteiger partial charge in [-0.2, -0.15) is 13.4 Å². The van der Waals surface area contributed by atoms with Gasteiger partial charge in [-0.05, 0) is 23.6 Å². The predicted octanol–water partition coefficient (Wildman–Crippen LogP) is -0.399. The topological polar surface area (TPSA) is 213 Å². The Bertz CT molecular complexity index is 861. The molecule has 9 N–H and O–H groups in total. The Balaban J connectivity index is 3.51. The smallest absolute Gasteiger partial charge is 0.294 e. The lowest BCUT2D eigenvalue weighted by molar-refractivity contribution is 0.0901. The van der Waals surface area contributed by atoms with Crippen LogP contribution in [0.25, 0.3) is 0 Å². The third-order valence-electron chi connectivity index (χ3n) is 3.07. The highest BCUT2D eigenvalue weighted by Gasteiger charge is 2.26. The zero-order chi connectivity index (χ0) is 19.5. The van der Waals surface area contributed by atoms with Crippen molar-refractivity contribution in [3.05, 3.63) is 29.3 Å².